The van der Waals surface area contributed by atoms with E-state index in [1.54, 1.807) is 13.0 Å². The first kappa shape index (κ1) is 10.0. The Kier molecular flexibility index (Phi) is 2.39. The molecule has 78 valence electrons. The molecule has 0 saturated heterocycles. The van der Waals surface area contributed by atoms with Gasteiger partial charge in [0.1, 0.15) is 11.6 Å². The SMILES string of the molecule is Cc1ccc(F)c(C2=CCCC2=O)c1F. The van der Waals surface area contributed by atoms with Crippen LogP contribution in [0.2, 0.25) is 0 Å². The smallest absolute Gasteiger partial charge is 0.163 e. The highest BCUT2D eigenvalue weighted by Gasteiger charge is 2.23. The first-order chi connectivity index (χ1) is 7.11. The van der Waals surface area contributed by atoms with Crippen LogP contribution in [0.3, 0.4) is 0 Å². The number of carbonyl (C=O) groups excluding carboxylic acids is 1. The molecule has 1 aromatic rings. The second kappa shape index (κ2) is 3.57. The minimum Gasteiger partial charge on any atom is -0.294 e. The standard InChI is InChI=1S/C12H10F2O/c1-7-5-6-9(13)11(12(7)14)8-3-2-4-10(8)15/h3,5-6H,2,4H2,1H3. The van der Waals surface area contributed by atoms with Crippen LogP contribution >= 0.6 is 0 Å². The summed E-state index contributed by atoms with van der Waals surface area (Å²) in [5, 5.41) is 0. The van der Waals surface area contributed by atoms with Gasteiger partial charge in [0, 0.05) is 12.0 Å². The molecule has 0 spiro atoms. The molecule has 0 N–H and O–H groups in total. The number of rotatable bonds is 1. The molecule has 0 heterocycles. The van der Waals surface area contributed by atoms with E-state index >= 15 is 0 Å². The second-order valence-corrected chi connectivity index (χ2v) is 3.63. The normalized spacial score (nSPS) is 15.7. The highest BCUT2D eigenvalue weighted by Crippen LogP contribution is 2.29. The van der Waals surface area contributed by atoms with Crippen LogP contribution in [0.15, 0.2) is 18.2 Å². The summed E-state index contributed by atoms with van der Waals surface area (Å²) in [5.41, 5.74) is 0.373. The summed E-state index contributed by atoms with van der Waals surface area (Å²) < 4.78 is 27.1. The van der Waals surface area contributed by atoms with Gasteiger partial charge < -0.3 is 0 Å². The van der Waals surface area contributed by atoms with Gasteiger partial charge >= 0.3 is 0 Å². The van der Waals surface area contributed by atoms with Crippen LogP contribution in [0.5, 0.6) is 0 Å². The van der Waals surface area contributed by atoms with Crippen LogP contribution in [0.4, 0.5) is 8.78 Å². The van der Waals surface area contributed by atoms with Gasteiger partial charge in [-0.15, -0.1) is 0 Å². The Morgan fingerprint density at radius 3 is 2.60 bits per heavy atom. The highest BCUT2D eigenvalue weighted by molar-refractivity contribution is 6.22. The fraction of sp³-hybridized carbons (Fsp3) is 0.250. The van der Waals surface area contributed by atoms with Crippen molar-refractivity contribution in [1.82, 2.24) is 0 Å². The van der Waals surface area contributed by atoms with Crippen molar-refractivity contribution in [3.63, 3.8) is 0 Å². The second-order valence-electron chi connectivity index (χ2n) is 3.63. The molecule has 1 aliphatic carbocycles. The van der Waals surface area contributed by atoms with Crippen molar-refractivity contribution in [3.8, 4) is 0 Å². The van der Waals surface area contributed by atoms with Gasteiger partial charge in [0.25, 0.3) is 0 Å². The van der Waals surface area contributed by atoms with E-state index in [1.165, 1.54) is 12.1 Å². The minimum atomic E-state index is -0.667. The quantitative estimate of drug-likeness (QED) is 0.693. The number of allylic oxidation sites excluding steroid dienone is 2. The molecule has 1 aromatic carbocycles. The van der Waals surface area contributed by atoms with E-state index in [4.69, 9.17) is 0 Å². The molecule has 0 aromatic heterocycles. The lowest BCUT2D eigenvalue weighted by Gasteiger charge is -2.07. The van der Waals surface area contributed by atoms with Crippen molar-refractivity contribution >= 4 is 11.4 Å². The van der Waals surface area contributed by atoms with Crippen LogP contribution in [0.1, 0.15) is 24.0 Å². The molecule has 3 heteroatoms. The van der Waals surface area contributed by atoms with E-state index < -0.39 is 11.6 Å². The summed E-state index contributed by atoms with van der Waals surface area (Å²) in [7, 11) is 0. The zero-order valence-electron chi connectivity index (χ0n) is 8.31. The van der Waals surface area contributed by atoms with Crippen LogP contribution in [-0.4, -0.2) is 5.78 Å². The lowest BCUT2D eigenvalue weighted by molar-refractivity contribution is -0.113. The molecular formula is C12H10F2O. The molecule has 0 unspecified atom stereocenters. The molecule has 0 fully saturated rings. The zero-order chi connectivity index (χ0) is 11.0. The number of ketones is 1. The van der Waals surface area contributed by atoms with Crippen LogP contribution in [-0.2, 0) is 4.79 Å². The highest BCUT2D eigenvalue weighted by atomic mass is 19.1. The summed E-state index contributed by atoms with van der Waals surface area (Å²) in [6.07, 6.45) is 2.52. The van der Waals surface area contributed by atoms with Gasteiger partial charge in [-0.3, -0.25) is 4.79 Å². The lowest BCUT2D eigenvalue weighted by atomic mass is 10.0. The molecular weight excluding hydrogens is 198 g/mol. The maximum Gasteiger partial charge on any atom is 0.163 e. The predicted molar refractivity (Wildman–Crippen MR) is 53.3 cm³/mol. The lowest BCUT2D eigenvalue weighted by Crippen LogP contribution is -2.02. The van der Waals surface area contributed by atoms with Crippen LogP contribution < -0.4 is 0 Å². The molecule has 1 aliphatic rings. The van der Waals surface area contributed by atoms with E-state index in [0.717, 1.165) is 0 Å². The number of aryl methyl sites for hydroxylation is 1. The summed E-state index contributed by atoms with van der Waals surface area (Å²) in [6, 6.07) is 2.56. The topological polar surface area (TPSA) is 17.1 Å². The van der Waals surface area contributed by atoms with Crippen molar-refractivity contribution in [2.45, 2.75) is 19.8 Å². The van der Waals surface area contributed by atoms with Gasteiger partial charge in [0.2, 0.25) is 0 Å². The molecule has 0 aliphatic heterocycles. The molecule has 0 bridgehead atoms. The van der Waals surface area contributed by atoms with Crippen molar-refractivity contribution in [1.29, 1.82) is 0 Å². The Labute approximate surface area is 86.4 Å². The van der Waals surface area contributed by atoms with Crippen LogP contribution in [0, 0.1) is 18.6 Å². The van der Waals surface area contributed by atoms with Crippen molar-refractivity contribution in [2.75, 3.05) is 0 Å². The van der Waals surface area contributed by atoms with E-state index in [9.17, 15) is 13.6 Å². The van der Waals surface area contributed by atoms with Crippen molar-refractivity contribution < 1.29 is 13.6 Å². The van der Waals surface area contributed by atoms with E-state index in [0.29, 0.717) is 18.4 Å². The number of carbonyl (C=O) groups is 1. The molecule has 0 radical (unpaired) electrons. The summed E-state index contributed by atoms with van der Waals surface area (Å²) >= 11 is 0. The largest absolute Gasteiger partial charge is 0.294 e. The maximum absolute atomic E-state index is 13.7. The van der Waals surface area contributed by atoms with Gasteiger partial charge in [0.15, 0.2) is 5.78 Å². The third-order valence-electron chi connectivity index (χ3n) is 2.57. The third kappa shape index (κ3) is 1.58. The van der Waals surface area contributed by atoms with Gasteiger partial charge in [-0.2, -0.15) is 0 Å². The Hall–Kier alpha value is -1.51. The molecule has 2 rings (SSSR count). The average molecular weight is 208 g/mol. The zero-order valence-corrected chi connectivity index (χ0v) is 8.31. The van der Waals surface area contributed by atoms with E-state index in [2.05, 4.69) is 0 Å². The van der Waals surface area contributed by atoms with Gasteiger partial charge in [-0.25, -0.2) is 8.78 Å². The Morgan fingerprint density at radius 2 is 2.00 bits per heavy atom. The van der Waals surface area contributed by atoms with Gasteiger partial charge in [-0.05, 0) is 25.0 Å². The first-order valence-corrected chi connectivity index (χ1v) is 4.79. The fourth-order valence-electron chi connectivity index (χ4n) is 1.74. The van der Waals surface area contributed by atoms with Crippen molar-refractivity contribution in [2.24, 2.45) is 0 Å². The Bertz CT molecular complexity index is 461. The number of hydrogen-bond acceptors (Lipinski definition) is 1. The Morgan fingerprint density at radius 1 is 1.27 bits per heavy atom. The van der Waals surface area contributed by atoms with E-state index in [1.807, 2.05) is 0 Å². The van der Waals surface area contributed by atoms with Gasteiger partial charge in [0.05, 0.1) is 5.56 Å². The maximum atomic E-state index is 13.7. The average Bonchev–Trinajstić information content (AvgIpc) is 2.60. The van der Waals surface area contributed by atoms with Gasteiger partial charge in [-0.1, -0.05) is 12.1 Å². The monoisotopic (exact) mass is 208 g/mol. The molecule has 15 heavy (non-hydrogen) atoms. The van der Waals surface area contributed by atoms with Crippen molar-refractivity contribution in [3.05, 3.63) is 41.0 Å². The fourth-order valence-corrected chi connectivity index (χ4v) is 1.74. The molecule has 1 nitrogen and oxygen atoms in total. The minimum absolute atomic E-state index is 0.169. The molecule has 0 saturated carbocycles. The molecule has 0 atom stereocenters. The third-order valence-corrected chi connectivity index (χ3v) is 2.57. The first-order valence-electron chi connectivity index (χ1n) is 4.79. The molecule has 0 amide bonds. The predicted octanol–water partition coefficient (Wildman–Crippen LogP) is 3.02. The number of halogens is 2. The summed E-state index contributed by atoms with van der Waals surface area (Å²) in [5.74, 6) is -1.48. The van der Waals surface area contributed by atoms with Crippen LogP contribution in [0.25, 0.3) is 5.57 Å². The number of hydrogen-bond donors (Lipinski definition) is 0. The number of benzene rings is 1. The summed E-state index contributed by atoms with van der Waals surface area (Å²) in [6.45, 7) is 1.55. The Balaban J connectivity index is 2.61. The van der Waals surface area contributed by atoms with E-state index in [-0.39, 0.29) is 16.9 Å². The number of Topliss-reactive ketones (excluding diaryl/α,β-unsaturated/α-hetero) is 1. The summed E-state index contributed by atoms with van der Waals surface area (Å²) in [4.78, 5) is 11.4.